The van der Waals surface area contributed by atoms with Gasteiger partial charge >= 0.3 is 0 Å². The third-order valence-electron chi connectivity index (χ3n) is 11.7. The molecule has 0 saturated heterocycles. The van der Waals surface area contributed by atoms with Crippen LogP contribution < -0.4 is 25.4 Å². The van der Waals surface area contributed by atoms with E-state index in [-0.39, 0.29) is 24.6 Å². The number of phenolic OH excluding ortho intramolecular Hbond substituents is 1. The number of ether oxygens (including phenoxy) is 3. The lowest BCUT2D eigenvalue weighted by Crippen LogP contribution is -2.22. The quantitative estimate of drug-likeness (QED) is 0.126. The van der Waals surface area contributed by atoms with E-state index in [0.29, 0.717) is 6.61 Å². The minimum absolute atomic E-state index is 0.245. The van der Waals surface area contributed by atoms with Crippen molar-refractivity contribution in [3.63, 3.8) is 0 Å². The Morgan fingerprint density at radius 3 is 1.61 bits per heavy atom. The van der Waals surface area contributed by atoms with E-state index in [9.17, 15) is 5.11 Å². The first-order valence-electron chi connectivity index (χ1n) is 20.9. The molecule has 0 atom stereocenters. The molecule has 0 radical (unpaired) electrons. The van der Waals surface area contributed by atoms with Crippen molar-refractivity contribution in [1.29, 1.82) is 0 Å². The fourth-order valence-corrected chi connectivity index (χ4v) is 11.4. The number of hydrogen-bond donors (Lipinski definition) is 1. The van der Waals surface area contributed by atoms with Gasteiger partial charge in [-0.1, -0.05) is 134 Å². The lowest BCUT2D eigenvalue weighted by molar-refractivity contribution is 0.104. The molecule has 0 aliphatic heterocycles. The van der Waals surface area contributed by atoms with Crippen molar-refractivity contribution in [2.24, 2.45) is 0 Å². The number of benzene rings is 7. The summed E-state index contributed by atoms with van der Waals surface area (Å²) < 4.78 is 19.7. The number of aromatic hydroxyl groups is 1. The molecule has 9 rings (SSSR count). The normalized spacial score (nSPS) is 15.3. The maximum atomic E-state index is 12.6. The molecule has 2 aliphatic rings. The van der Waals surface area contributed by atoms with Crippen molar-refractivity contribution in [2.75, 3.05) is 0 Å². The summed E-state index contributed by atoms with van der Waals surface area (Å²) in [5, 5.41) is 20.7. The third-order valence-corrected chi connectivity index (χ3v) is 14.2. The van der Waals surface area contributed by atoms with Gasteiger partial charge in [-0.25, -0.2) is 0 Å². The molecule has 7 aromatic carbocycles. The predicted molar refractivity (Wildman–Crippen MR) is 237 cm³/mol. The van der Waals surface area contributed by atoms with Crippen molar-refractivity contribution >= 4 is 45.4 Å². The Hall–Kier alpha value is -5.15. The highest BCUT2D eigenvalue weighted by molar-refractivity contribution is 7.80. The maximum Gasteiger partial charge on any atom is 0.129 e. The Kier molecular flexibility index (Phi) is 11.5. The van der Waals surface area contributed by atoms with E-state index in [2.05, 4.69) is 146 Å². The number of fused-ring (bicyclic) bond motifs is 2. The van der Waals surface area contributed by atoms with Gasteiger partial charge in [0.15, 0.2) is 0 Å². The second-order valence-corrected chi connectivity index (χ2v) is 17.9. The minimum Gasteiger partial charge on any atom is -0.507 e. The zero-order valence-corrected chi connectivity index (χ0v) is 33.5. The Morgan fingerprint density at radius 2 is 1.02 bits per heavy atom. The predicted octanol–water partition coefficient (Wildman–Crippen LogP) is 12.3. The van der Waals surface area contributed by atoms with Gasteiger partial charge in [-0.3, -0.25) is 0 Å². The largest absolute Gasteiger partial charge is 0.507 e. The lowest BCUT2D eigenvalue weighted by Gasteiger charge is -2.26. The zero-order valence-electron chi connectivity index (χ0n) is 32.6. The van der Waals surface area contributed by atoms with Crippen LogP contribution in [0.1, 0.15) is 75.3 Å². The third kappa shape index (κ3) is 8.45. The van der Waals surface area contributed by atoms with Gasteiger partial charge in [0.25, 0.3) is 0 Å². The first-order chi connectivity index (χ1) is 28.2. The number of phenols is 1. The highest BCUT2D eigenvalue weighted by Crippen LogP contribution is 2.46. The molecule has 2 fully saturated rings. The minimum atomic E-state index is -0.969. The Labute approximate surface area is 338 Å². The summed E-state index contributed by atoms with van der Waals surface area (Å²) in [7, 11) is -0.969. The first-order valence-corrected chi connectivity index (χ1v) is 22.2. The van der Waals surface area contributed by atoms with Crippen molar-refractivity contribution in [1.82, 2.24) is 0 Å². The van der Waals surface area contributed by atoms with Crippen LogP contribution in [0.15, 0.2) is 146 Å². The van der Waals surface area contributed by atoms with Gasteiger partial charge in [0.1, 0.15) is 17.2 Å². The van der Waals surface area contributed by atoms with Crippen molar-refractivity contribution < 1.29 is 19.3 Å². The molecule has 5 heteroatoms. The van der Waals surface area contributed by atoms with E-state index in [1.54, 1.807) is 0 Å². The molecule has 2 aliphatic carbocycles. The van der Waals surface area contributed by atoms with Gasteiger partial charge < -0.3 is 19.3 Å². The van der Waals surface area contributed by atoms with E-state index in [1.807, 2.05) is 0 Å². The molecule has 0 unspecified atom stereocenters. The second kappa shape index (κ2) is 17.6. The molecular formula is C52H51O4P. The van der Waals surface area contributed by atoms with Gasteiger partial charge in [-0.15, -0.1) is 0 Å². The molecular weight excluding hydrogens is 720 g/mol. The summed E-state index contributed by atoms with van der Waals surface area (Å²) in [4.78, 5) is 0. The summed E-state index contributed by atoms with van der Waals surface area (Å²) in [6.07, 6.45) is 12.3. The van der Waals surface area contributed by atoms with Crippen LogP contribution in [-0.4, -0.2) is 17.3 Å². The van der Waals surface area contributed by atoms with Crippen LogP contribution in [0.4, 0.5) is 0 Å². The fourth-order valence-electron chi connectivity index (χ4n) is 8.93. The highest BCUT2D eigenvalue weighted by Gasteiger charge is 2.26. The van der Waals surface area contributed by atoms with Gasteiger partial charge in [-0.2, -0.15) is 0 Å². The summed E-state index contributed by atoms with van der Waals surface area (Å²) in [5.74, 6) is 1.99. The molecule has 2 saturated carbocycles. The fraction of sp³-hybridized carbons (Fsp3) is 0.269. The van der Waals surface area contributed by atoms with Crippen LogP contribution >= 0.6 is 7.92 Å². The second-order valence-electron chi connectivity index (χ2n) is 15.7. The maximum absolute atomic E-state index is 12.6. The van der Waals surface area contributed by atoms with Crippen LogP contribution in [0, 0.1) is 0 Å². The van der Waals surface area contributed by atoms with Crippen molar-refractivity contribution in [3.05, 3.63) is 157 Å². The summed E-state index contributed by atoms with van der Waals surface area (Å²) in [5.41, 5.74) is 3.70. The van der Waals surface area contributed by atoms with Gasteiger partial charge in [0.05, 0.1) is 25.4 Å². The summed E-state index contributed by atoms with van der Waals surface area (Å²) in [6.45, 7) is 0.625. The van der Waals surface area contributed by atoms with Crippen LogP contribution in [0.3, 0.4) is 0 Å². The van der Waals surface area contributed by atoms with Gasteiger partial charge in [0.2, 0.25) is 0 Å². The zero-order chi connectivity index (χ0) is 38.4. The average Bonchev–Trinajstić information content (AvgIpc) is 3.26. The molecule has 0 aromatic heterocycles. The van der Waals surface area contributed by atoms with E-state index in [0.717, 1.165) is 81.0 Å². The molecule has 0 amide bonds. The Balaban J connectivity index is 1.10. The van der Waals surface area contributed by atoms with E-state index >= 15 is 0 Å². The lowest BCUT2D eigenvalue weighted by atomic mass is 9.91. The average molecular weight is 771 g/mol. The van der Waals surface area contributed by atoms with E-state index < -0.39 is 7.92 Å². The molecule has 0 bridgehead atoms. The molecule has 57 heavy (non-hydrogen) atoms. The summed E-state index contributed by atoms with van der Waals surface area (Å²) in [6, 6.07) is 51.5. The van der Waals surface area contributed by atoms with E-state index in [4.69, 9.17) is 14.2 Å². The molecule has 1 N–H and O–H groups in total. The monoisotopic (exact) mass is 770 g/mol. The van der Waals surface area contributed by atoms with Crippen LogP contribution in [-0.2, 0) is 18.0 Å². The standard InChI is InChI=1S/C52H51O4P/c53-52-40(36-54-35-37-31-43(55-41-19-5-1-6-20-41)34-44(32-37)56-42-21-7-2-8-22-42)33-39-18-14-16-28-48(39)51(52)50-47-27-15-13-17-38(47)29-30-49(50)57(45-23-9-3-10-24-45)46-25-11-4-12-26-46/h3-4,9-18,23-34,41-42,53H,1-2,5-8,19-22,35-36H2. The first kappa shape index (κ1) is 37.4. The van der Waals surface area contributed by atoms with Gasteiger partial charge in [0, 0.05) is 22.8 Å². The topological polar surface area (TPSA) is 47.9 Å². The SMILES string of the molecule is Oc1c(COCc2cc(OC3CCCCC3)cc(OC3CCCCC3)c2)cc2ccccc2c1-c1c(P(c2ccccc2)c2ccccc2)ccc2ccccc12. The smallest absolute Gasteiger partial charge is 0.129 e. The molecule has 4 nitrogen and oxygen atoms in total. The number of rotatable bonds is 12. The van der Waals surface area contributed by atoms with Crippen molar-refractivity contribution in [3.8, 4) is 28.4 Å². The molecule has 0 spiro atoms. The van der Waals surface area contributed by atoms with Crippen LogP contribution in [0.25, 0.3) is 32.7 Å². The molecule has 7 aromatic rings. The van der Waals surface area contributed by atoms with Crippen LogP contribution in [0.2, 0.25) is 0 Å². The molecule has 0 heterocycles. The van der Waals surface area contributed by atoms with Gasteiger partial charge in [-0.05, 0) is 121 Å². The molecule has 288 valence electrons. The van der Waals surface area contributed by atoms with Crippen molar-refractivity contribution in [2.45, 2.75) is 89.6 Å². The number of hydrogen-bond acceptors (Lipinski definition) is 4. The Morgan fingerprint density at radius 1 is 0.491 bits per heavy atom. The van der Waals surface area contributed by atoms with Crippen LogP contribution in [0.5, 0.6) is 17.2 Å². The highest BCUT2D eigenvalue weighted by atomic mass is 31.1. The Bertz CT molecular complexity index is 2360. The summed E-state index contributed by atoms with van der Waals surface area (Å²) >= 11 is 0. The van der Waals surface area contributed by atoms with E-state index in [1.165, 1.54) is 54.4 Å².